The summed E-state index contributed by atoms with van der Waals surface area (Å²) in [6.45, 7) is 5.85. The maximum atomic E-state index is 11.9. The summed E-state index contributed by atoms with van der Waals surface area (Å²) in [5.74, 6) is 0.481. The van der Waals surface area contributed by atoms with E-state index in [0.29, 0.717) is 5.92 Å². The molecule has 0 unspecified atom stereocenters. The second kappa shape index (κ2) is 7.14. The number of aromatic hydroxyl groups is 1. The molecule has 1 rings (SSSR count). The van der Waals surface area contributed by atoms with E-state index < -0.39 is 0 Å². The SMILES string of the molecule is Cc1ccc(CC(=O)N[C@@H](CO)CC(C)C)cc1O. The van der Waals surface area contributed by atoms with Crippen LogP contribution < -0.4 is 5.32 Å². The Balaban J connectivity index is 2.56. The Morgan fingerprint density at radius 2 is 2.05 bits per heavy atom. The molecule has 0 saturated carbocycles. The number of aliphatic hydroxyl groups excluding tert-OH is 1. The van der Waals surface area contributed by atoms with Gasteiger partial charge in [-0.15, -0.1) is 0 Å². The lowest BCUT2D eigenvalue weighted by Gasteiger charge is -2.18. The molecule has 106 valence electrons. The molecule has 0 aliphatic carbocycles. The summed E-state index contributed by atoms with van der Waals surface area (Å²) in [4.78, 5) is 11.9. The third kappa shape index (κ3) is 5.30. The van der Waals surface area contributed by atoms with Crippen LogP contribution in [0.15, 0.2) is 18.2 Å². The van der Waals surface area contributed by atoms with Crippen LogP contribution in [-0.4, -0.2) is 28.8 Å². The number of benzene rings is 1. The van der Waals surface area contributed by atoms with Crippen LogP contribution in [0.2, 0.25) is 0 Å². The molecule has 0 spiro atoms. The highest BCUT2D eigenvalue weighted by Gasteiger charge is 2.13. The van der Waals surface area contributed by atoms with Gasteiger partial charge in [-0.25, -0.2) is 0 Å². The van der Waals surface area contributed by atoms with E-state index in [1.807, 2.05) is 26.8 Å². The van der Waals surface area contributed by atoms with Crippen LogP contribution in [-0.2, 0) is 11.2 Å². The van der Waals surface area contributed by atoms with Crippen LogP contribution in [0.3, 0.4) is 0 Å². The van der Waals surface area contributed by atoms with Gasteiger partial charge in [-0.3, -0.25) is 4.79 Å². The molecule has 0 aliphatic rings. The van der Waals surface area contributed by atoms with Gasteiger partial charge in [-0.2, -0.15) is 0 Å². The van der Waals surface area contributed by atoms with Gasteiger partial charge in [0.2, 0.25) is 5.91 Å². The van der Waals surface area contributed by atoms with E-state index in [9.17, 15) is 15.0 Å². The summed E-state index contributed by atoms with van der Waals surface area (Å²) in [5.41, 5.74) is 1.55. The minimum absolute atomic E-state index is 0.0525. The van der Waals surface area contributed by atoms with Gasteiger partial charge in [0.25, 0.3) is 0 Å². The van der Waals surface area contributed by atoms with E-state index in [4.69, 9.17) is 0 Å². The molecular formula is C15H23NO3. The fourth-order valence-corrected chi connectivity index (χ4v) is 1.98. The van der Waals surface area contributed by atoms with Crippen LogP contribution in [0.4, 0.5) is 0 Å². The quantitative estimate of drug-likeness (QED) is 0.734. The number of nitrogens with one attached hydrogen (secondary N) is 1. The van der Waals surface area contributed by atoms with Gasteiger partial charge >= 0.3 is 0 Å². The highest BCUT2D eigenvalue weighted by Crippen LogP contribution is 2.17. The standard InChI is InChI=1S/C15H23NO3/c1-10(2)6-13(9-17)16-15(19)8-12-5-4-11(3)14(18)7-12/h4-5,7,10,13,17-18H,6,8-9H2,1-3H3,(H,16,19)/t13-/m1/s1. The molecule has 19 heavy (non-hydrogen) atoms. The number of phenols is 1. The molecule has 0 fully saturated rings. The van der Waals surface area contributed by atoms with E-state index in [-0.39, 0.29) is 30.7 Å². The highest BCUT2D eigenvalue weighted by atomic mass is 16.3. The maximum absolute atomic E-state index is 11.9. The predicted octanol–water partition coefficient (Wildman–Crippen LogP) is 1.77. The van der Waals surface area contributed by atoms with Crippen molar-refractivity contribution in [2.75, 3.05) is 6.61 Å². The van der Waals surface area contributed by atoms with Crippen molar-refractivity contribution in [2.24, 2.45) is 5.92 Å². The first-order valence-electron chi connectivity index (χ1n) is 6.61. The highest BCUT2D eigenvalue weighted by molar-refractivity contribution is 5.79. The average Bonchev–Trinajstić information content (AvgIpc) is 2.32. The van der Waals surface area contributed by atoms with Crippen LogP contribution in [0.1, 0.15) is 31.4 Å². The van der Waals surface area contributed by atoms with Gasteiger partial charge in [0.15, 0.2) is 0 Å². The summed E-state index contributed by atoms with van der Waals surface area (Å²) >= 11 is 0. The van der Waals surface area contributed by atoms with E-state index in [0.717, 1.165) is 17.5 Å². The Morgan fingerprint density at radius 3 is 2.58 bits per heavy atom. The lowest BCUT2D eigenvalue weighted by atomic mass is 10.0. The zero-order valence-electron chi connectivity index (χ0n) is 11.8. The average molecular weight is 265 g/mol. The summed E-state index contributed by atoms with van der Waals surface area (Å²) in [7, 11) is 0. The fourth-order valence-electron chi connectivity index (χ4n) is 1.98. The molecular weight excluding hydrogens is 242 g/mol. The second-order valence-electron chi connectivity index (χ2n) is 5.37. The van der Waals surface area contributed by atoms with Crippen molar-refractivity contribution in [3.05, 3.63) is 29.3 Å². The largest absolute Gasteiger partial charge is 0.508 e. The molecule has 0 saturated heterocycles. The van der Waals surface area contributed by atoms with Crippen LogP contribution in [0.25, 0.3) is 0 Å². The third-order valence-corrected chi connectivity index (χ3v) is 2.98. The van der Waals surface area contributed by atoms with Crippen molar-refractivity contribution in [2.45, 2.75) is 39.7 Å². The molecule has 0 aliphatic heterocycles. The fraction of sp³-hybridized carbons (Fsp3) is 0.533. The Bertz CT molecular complexity index is 429. The molecule has 1 atom stereocenters. The molecule has 1 aromatic rings. The summed E-state index contributed by atoms with van der Waals surface area (Å²) in [5, 5.41) is 21.6. The van der Waals surface area contributed by atoms with Crippen molar-refractivity contribution < 1.29 is 15.0 Å². The molecule has 0 aromatic heterocycles. The number of carbonyl (C=O) groups is 1. The first-order chi connectivity index (χ1) is 8.92. The molecule has 1 amide bonds. The van der Waals surface area contributed by atoms with Gasteiger partial charge in [0, 0.05) is 0 Å². The lowest BCUT2D eigenvalue weighted by Crippen LogP contribution is -2.39. The first kappa shape index (κ1) is 15.5. The number of aliphatic hydroxyl groups is 1. The van der Waals surface area contributed by atoms with Crippen molar-refractivity contribution in [1.82, 2.24) is 5.32 Å². The molecule has 0 bridgehead atoms. The Hall–Kier alpha value is -1.55. The Kier molecular flexibility index (Phi) is 5.83. The summed E-state index contributed by atoms with van der Waals surface area (Å²) < 4.78 is 0. The van der Waals surface area contributed by atoms with Crippen molar-refractivity contribution >= 4 is 5.91 Å². The Labute approximate surface area is 114 Å². The van der Waals surface area contributed by atoms with Gasteiger partial charge in [-0.1, -0.05) is 26.0 Å². The smallest absolute Gasteiger partial charge is 0.224 e. The minimum atomic E-state index is -0.202. The topological polar surface area (TPSA) is 69.6 Å². The van der Waals surface area contributed by atoms with Gasteiger partial charge in [-0.05, 0) is 36.5 Å². The second-order valence-corrected chi connectivity index (χ2v) is 5.37. The van der Waals surface area contributed by atoms with Crippen molar-refractivity contribution in [3.63, 3.8) is 0 Å². The minimum Gasteiger partial charge on any atom is -0.508 e. The van der Waals surface area contributed by atoms with Crippen LogP contribution in [0, 0.1) is 12.8 Å². The van der Waals surface area contributed by atoms with E-state index in [2.05, 4.69) is 5.32 Å². The normalized spacial score (nSPS) is 12.5. The molecule has 3 N–H and O–H groups in total. The lowest BCUT2D eigenvalue weighted by molar-refractivity contribution is -0.121. The molecule has 0 radical (unpaired) electrons. The number of phenolic OH excluding ortho intramolecular Hbond substituents is 1. The number of rotatable bonds is 6. The van der Waals surface area contributed by atoms with Gasteiger partial charge in [0.1, 0.15) is 5.75 Å². The van der Waals surface area contributed by atoms with Gasteiger partial charge < -0.3 is 15.5 Å². The third-order valence-electron chi connectivity index (χ3n) is 2.98. The predicted molar refractivity (Wildman–Crippen MR) is 75.0 cm³/mol. The van der Waals surface area contributed by atoms with Gasteiger partial charge in [0.05, 0.1) is 19.1 Å². The summed E-state index contributed by atoms with van der Waals surface area (Å²) in [6.07, 6.45) is 0.962. The van der Waals surface area contributed by atoms with Crippen LogP contribution >= 0.6 is 0 Å². The monoisotopic (exact) mass is 265 g/mol. The molecule has 0 heterocycles. The maximum Gasteiger partial charge on any atom is 0.224 e. The number of amides is 1. The van der Waals surface area contributed by atoms with E-state index in [1.165, 1.54) is 0 Å². The number of carbonyl (C=O) groups excluding carboxylic acids is 1. The molecule has 1 aromatic carbocycles. The van der Waals surface area contributed by atoms with Crippen LogP contribution in [0.5, 0.6) is 5.75 Å². The zero-order valence-corrected chi connectivity index (χ0v) is 11.8. The van der Waals surface area contributed by atoms with E-state index >= 15 is 0 Å². The van der Waals surface area contributed by atoms with E-state index in [1.54, 1.807) is 12.1 Å². The molecule has 4 heteroatoms. The molecule has 4 nitrogen and oxygen atoms in total. The number of hydrogen-bond acceptors (Lipinski definition) is 3. The van der Waals surface area contributed by atoms with Crippen molar-refractivity contribution in [1.29, 1.82) is 0 Å². The number of aryl methyl sites for hydroxylation is 1. The first-order valence-corrected chi connectivity index (χ1v) is 6.61. The summed E-state index contributed by atoms with van der Waals surface area (Å²) in [6, 6.07) is 5.01. The zero-order chi connectivity index (χ0) is 14.4. The van der Waals surface area contributed by atoms with Crippen molar-refractivity contribution in [3.8, 4) is 5.75 Å². The Morgan fingerprint density at radius 1 is 1.37 bits per heavy atom. The number of hydrogen-bond donors (Lipinski definition) is 3.